The number of phenols is 1. The van der Waals surface area contributed by atoms with E-state index in [0.29, 0.717) is 5.56 Å². The Hall–Kier alpha value is -1.05. The highest BCUT2D eigenvalue weighted by molar-refractivity contribution is 5.28. The summed E-state index contributed by atoms with van der Waals surface area (Å²) in [5, 5.41) is 8.90. The predicted molar refractivity (Wildman–Crippen MR) is 37.6 cm³/mol. The van der Waals surface area contributed by atoms with Crippen molar-refractivity contribution in [3.05, 3.63) is 29.8 Å². The van der Waals surface area contributed by atoms with Gasteiger partial charge in [0.15, 0.2) is 0 Å². The van der Waals surface area contributed by atoms with Crippen LogP contribution in [0.1, 0.15) is 18.7 Å². The lowest BCUT2D eigenvalue weighted by Crippen LogP contribution is -1.82. The number of phenolic OH excluding ortho intramolecular Hbond substituents is 1. The van der Waals surface area contributed by atoms with Crippen molar-refractivity contribution in [1.82, 2.24) is 0 Å². The van der Waals surface area contributed by atoms with Crippen LogP contribution < -0.4 is 0 Å². The molecule has 0 bridgehead atoms. The zero-order chi connectivity index (χ0) is 7.56. The van der Waals surface area contributed by atoms with Crippen LogP contribution in [-0.4, -0.2) is 5.11 Å². The number of hydrogen-bond acceptors (Lipinski definition) is 1. The van der Waals surface area contributed by atoms with Crippen molar-refractivity contribution in [3.8, 4) is 5.75 Å². The van der Waals surface area contributed by atoms with Crippen LogP contribution in [0, 0.1) is 0 Å². The quantitative estimate of drug-likeness (QED) is 0.635. The zero-order valence-corrected chi connectivity index (χ0v) is 5.71. The number of alkyl halides is 1. The van der Waals surface area contributed by atoms with Crippen LogP contribution in [-0.2, 0) is 0 Å². The fraction of sp³-hybridized carbons (Fsp3) is 0.250. The van der Waals surface area contributed by atoms with Gasteiger partial charge in [0.2, 0.25) is 0 Å². The van der Waals surface area contributed by atoms with Crippen LogP contribution in [0.3, 0.4) is 0 Å². The van der Waals surface area contributed by atoms with Crippen LogP contribution in [0.25, 0.3) is 0 Å². The molecular formula is C8H9FO. The molecule has 1 nitrogen and oxygen atoms in total. The first-order valence-electron chi connectivity index (χ1n) is 3.13. The minimum Gasteiger partial charge on any atom is -0.508 e. The predicted octanol–water partition coefficient (Wildman–Crippen LogP) is 2.42. The summed E-state index contributed by atoms with van der Waals surface area (Å²) in [6.07, 6.45) is -1.01. The molecule has 0 radical (unpaired) electrons. The minimum atomic E-state index is -1.01. The average molecular weight is 140 g/mol. The fourth-order valence-corrected chi connectivity index (χ4v) is 0.772. The SMILES string of the molecule is C[C@H](F)c1cccc(O)c1. The molecule has 0 saturated heterocycles. The Morgan fingerprint density at radius 2 is 2.20 bits per heavy atom. The maximum absolute atomic E-state index is 12.5. The minimum absolute atomic E-state index is 0.113. The second-order valence-electron chi connectivity index (χ2n) is 2.21. The van der Waals surface area contributed by atoms with Crippen molar-refractivity contribution in [2.24, 2.45) is 0 Å². The van der Waals surface area contributed by atoms with Gasteiger partial charge in [0.05, 0.1) is 0 Å². The lowest BCUT2D eigenvalue weighted by molar-refractivity contribution is 0.372. The van der Waals surface area contributed by atoms with Crippen molar-refractivity contribution in [3.63, 3.8) is 0 Å². The number of rotatable bonds is 1. The van der Waals surface area contributed by atoms with Crippen molar-refractivity contribution >= 4 is 0 Å². The van der Waals surface area contributed by atoms with Crippen LogP contribution >= 0.6 is 0 Å². The highest BCUT2D eigenvalue weighted by Crippen LogP contribution is 2.19. The molecule has 0 aliphatic carbocycles. The molecule has 0 amide bonds. The normalized spacial score (nSPS) is 13.0. The molecule has 2 heteroatoms. The van der Waals surface area contributed by atoms with Gasteiger partial charge >= 0.3 is 0 Å². The Morgan fingerprint density at radius 3 is 2.60 bits per heavy atom. The maximum Gasteiger partial charge on any atom is 0.122 e. The Morgan fingerprint density at radius 1 is 1.50 bits per heavy atom. The Balaban J connectivity index is 2.96. The lowest BCUT2D eigenvalue weighted by Gasteiger charge is -2.00. The van der Waals surface area contributed by atoms with Gasteiger partial charge in [0, 0.05) is 0 Å². The first-order chi connectivity index (χ1) is 4.70. The van der Waals surface area contributed by atoms with E-state index in [1.165, 1.54) is 19.1 Å². The van der Waals surface area contributed by atoms with Gasteiger partial charge in [0.1, 0.15) is 11.9 Å². The topological polar surface area (TPSA) is 20.2 Å². The summed E-state index contributed by atoms with van der Waals surface area (Å²) in [7, 11) is 0. The molecule has 0 heterocycles. The van der Waals surface area contributed by atoms with Crippen molar-refractivity contribution in [2.75, 3.05) is 0 Å². The zero-order valence-electron chi connectivity index (χ0n) is 5.71. The summed E-state index contributed by atoms with van der Waals surface area (Å²) >= 11 is 0. The monoisotopic (exact) mass is 140 g/mol. The molecule has 54 valence electrons. The highest BCUT2D eigenvalue weighted by Gasteiger charge is 2.01. The van der Waals surface area contributed by atoms with Gasteiger partial charge < -0.3 is 5.11 Å². The van der Waals surface area contributed by atoms with E-state index in [-0.39, 0.29) is 5.75 Å². The Bertz CT molecular complexity index is 220. The summed E-state index contributed by atoms with van der Waals surface area (Å²) in [5.74, 6) is 0.113. The summed E-state index contributed by atoms with van der Waals surface area (Å²) in [4.78, 5) is 0. The number of hydrogen-bond donors (Lipinski definition) is 1. The van der Waals surface area contributed by atoms with E-state index >= 15 is 0 Å². The summed E-state index contributed by atoms with van der Waals surface area (Å²) in [6.45, 7) is 1.44. The Kier molecular flexibility index (Phi) is 1.90. The largest absolute Gasteiger partial charge is 0.508 e. The number of benzene rings is 1. The summed E-state index contributed by atoms with van der Waals surface area (Å²) in [6, 6.07) is 6.21. The van der Waals surface area contributed by atoms with Gasteiger partial charge in [-0.15, -0.1) is 0 Å². The average Bonchev–Trinajstić information content (AvgIpc) is 1.88. The van der Waals surface area contributed by atoms with Crippen molar-refractivity contribution < 1.29 is 9.50 Å². The molecule has 10 heavy (non-hydrogen) atoms. The van der Waals surface area contributed by atoms with E-state index in [0.717, 1.165) is 0 Å². The first kappa shape index (κ1) is 7.06. The summed E-state index contributed by atoms with van der Waals surface area (Å²) < 4.78 is 12.5. The molecule has 0 aliphatic rings. The molecule has 1 aromatic carbocycles. The van der Waals surface area contributed by atoms with E-state index in [1.54, 1.807) is 12.1 Å². The molecule has 1 atom stereocenters. The van der Waals surface area contributed by atoms with Crippen molar-refractivity contribution in [1.29, 1.82) is 0 Å². The standard InChI is InChI=1S/C8H9FO/c1-6(9)7-3-2-4-8(10)5-7/h2-6,10H,1H3/t6-/m0/s1. The third-order valence-corrected chi connectivity index (χ3v) is 1.33. The molecular weight excluding hydrogens is 131 g/mol. The molecule has 0 unspecified atom stereocenters. The van der Waals surface area contributed by atoms with Gasteiger partial charge in [-0.05, 0) is 24.6 Å². The molecule has 0 fully saturated rings. The van der Waals surface area contributed by atoms with E-state index in [1.807, 2.05) is 0 Å². The van der Waals surface area contributed by atoms with Crippen LogP contribution in [0.2, 0.25) is 0 Å². The molecule has 1 aromatic rings. The third-order valence-electron chi connectivity index (χ3n) is 1.33. The van der Waals surface area contributed by atoms with E-state index < -0.39 is 6.17 Å². The van der Waals surface area contributed by atoms with E-state index in [2.05, 4.69) is 0 Å². The van der Waals surface area contributed by atoms with Gasteiger partial charge in [0.25, 0.3) is 0 Å². The molecule has 1 N–H and O–H groups in total. The highest BCUT2D eigenvalue weighted by atomic mass is 19.1. The molecule has 0 spiro atoms. The first-order valence-corrected chi connectivity index (χ1v) is 3.13. The summed E-state index contributed by atoms with van der Waals surface area (Å²) in [5.41, 5.74) is 0.514. The van der Waals surface area contributed by atoms with Crippen LogP contribution in [0.4, 0.5) is 4.39 Å². The van der Waals surface area contributed by atoms with Crippen LogP contribution in [0.5, 0.6) is 5.75 Å². The second-order valence-corrected chi connectivity index (χ2v) is 2.21. The molecule has 1 rings (SSSR count). The van der Waals surface area contributed by atoms with Crippen molar-refractivity contribution in [2.45, 2.75) is 13.1 Å². The smallest absolute Gasteiger partial charge is 0.122 e. The van der Waals surface area contributed by atoms with Gasteiger partial charge in [-0.25, -0.2) is 4.39 Å². The van der Waals surface area contributed by atoms with E-state index in [9.17, 15) is 4.39 Å². The molecule has 0 saturated carbocycles. The van der Waals surface area contributed by atoms with Gasteiger partial charge in [-0.3, -0.25) is 0 Å². The van der Waals surface area contributed by atoms with Gasteiger partial charge in [-0.2, -0.15) is 0 Å². The maximum atomic E-state index is 12.5. The van der Waals surface area contributed by atoms with E-state index in [4.69, 9.17) is 5.11 Å². The Labute approximate surface area is 59.1 Å². The third kappa shape index (κ3) is 1.47. The van der Waals surface area contributed by atoms with Crippen LogP contribution in [0.15, 0.2) is 24.3 Å². The number of aromatic hydroxyl groups is 1. The lowest BCUT2D eigenvalue weighted by atomic mass is 10.1. The second kappa shape index (κ2) is 2.69. The molecule has 0 aromatic heterocycles. The number of halogens is 1. The fourth-order valence-electron chi connectivity index (χ4n) is 0.772. The molecule has 0 aliphatic heterocycles. The van der Waals surface area contributed by atoms with Gasteiger partial charge in [-0.1, -0.05) is 12.1 Å².